The summed E-state index contributed by atoms with van der Waals surface area (Å²) in [6, 6.07) is 30.0. The average molecular weight is 865 g/mol. The van der Waals surface area contributed by atoms with Crippen molar-refractivity contribution in [1.29, 1.82) is 0 Å². The predicted molar refractivity (Wildman–Crippen MR) is 268 cm³/mol. The van der Waals surface area contributed by atoms with Gasteiger partial charge in [-0.25, -0.2) is 0 Å². The van der Waals surface area contributed by atoms with Gasteiger partial charge >= 0.3 is 0 Å². The number of phenols is 2. The van der Waals surface area contributed by atoms with Gasteiger partial charge in [-0.3, -0.25) is 0 Å². The molecule has 2 atom stereocenters. The van der Waals surface area contributed by atoms with Crippen molar-refractivity contribution >= 4 is 0 Å². The van der Waals surface area contributed by atoms with E-state index in [1.807, 2.05) is 36.4 Å². The standard InChI is InChI=1S/C61H68O4/c1-37-31-51(59(62)53(33-37)57-45-23-11-7-19-41(45)35-42-20-8-12-24-46(42)57)49-27-15-17-29-55(49)64-39(3)61(5,6)40(4)65-56-30-18-16-28-50(56)52-32-38(2)34-54(60(52)63)58-47-25-13-9-21-43(47)36-44-22-10-14-26-48(44)58/h15-18,27-36,39-40,62-63H,7-14,19-26H2,1-6H3. The zero-order chi connectivity index (χ0) is 45.0. The number of aryl methyl sites for hydroxylation is 6. The Kier molecular flexibility index (Phi) is 11.8. The number of aromatic hydroxyl groups is 2. The van der Waals surface area contributed by atoms with Gasteiger partial charge in [0.2, 0.25) is 0 Å². The first-order valence-corrected chi connectivity index (χ1v) is 25.0. The minimum atomic E-state index is -0.454. The quantitative estimate of drug-likeness (QED) is 0.144. The highest BCUT2D eigenvalue weighted by molar-refractivity contribution is 5.90. The summed E-state index contributed by atoms with van der Waals surface area (Å²) < 4.78 is 14.0. The second-order valence-electron chi connectivity index (χ2n) is 20.6. The highest BCUT2D eigenvalue weighted by Gasteiger charge is 2.37. The Bertz CT molecular complexity index is 2530. The molecule has 336 valence electrons. The molecule has 0 saturated carbocycles. The summed E-state index contributed by atoms with van der Waals surface area (Å²) in [4.78, 5) is 0. The van der Waals surface area contributed by atoms with Gasteiger partial charge in [0.1, 0.15) is 35.2 Å². The zero-order valence-electron chi connectivity index (χ0n) is 39.8. The predicted octanol–water partition coefficient (Wildman–Crippen LogP) is 15.2. The molecule has 65 heavy (non-hydrogen) atoms. The fourth-order valence-corrected chi connectivity index (χ4v) is 11.9. The van der Waals surface area contributed by atoms with Gasteiger partial charge in [-0.1, -0.05) is 62.4 Å². The summed E-state index contributed by atoms with van der Waals surface area (Å²) in [6.07, 6.45) is 18.0. The van der Waals surface area contributed by atoms with Gasteiger partial charge in [0, 0.05) is 38.8 Å². The maximum atomic E-state index is 12.4. The maximum absolute atomic E-state index is 12.4. The number of para-hydroxylation sites is 2. The van der Waals surface area contributed by atoms with Crippen LogP contribution in [0.4, 0.5) is 0 Å². The number of ether oxygens (including phenoxy) is 2. The molecule has 0 fully saturated rings. The normalized spacial score (nSPS) is 16.7. The Hall–Kier alpha value is -5.48. The molecule has 6 aromatic carbocycles. The SMILES string of the molecule is Cc1cc(-c2ccccc2OC(C)C(C)(C)C(C)Oc2ccccc2-c2cc(C)cc(-c3c4c(cc5c3CCCC5)CCCC4)c2O)c(O)c(-c2c3c(cc4c2CCCC4)CCCC3)c1. The summed E-state index contributed by atoms with van der Waals surface area (Å²) in [5, 5.41) is 24.9. The van der Waals surface area contributed by atoms with Crippen LogP contribution in [0.3, 0.4) is 0 Å². The van der Waals surface area contributed by atoms with Crippen LogP contribution in [0, 0.1) is 19.3 Å². The van der Waals surface area contributed by atoms with Crippen molar-refractivity contribution in [2.75, 3.05) is 0 Å². The van der Waals surface area contributed by atoms with E-state index >= 15 is 0 Å². The van der Waals surface area contributed by atoms with E-state index in [-0.39, 0.29) is 12.2 Å². The lowest BCUT2D eigenvalue weighted by Crippen LogP contribution is -2.43. The van der Waals surface area contributed by atoms with Crippen LogP contribution >= 0.6 is 0 Å². The molecule has 0 amide bonds. The minimum absolute atomic E-state index is 0.264. The topological polar surface area (TPSA) is 58.9 Å². The first kappa shape index (κ1) is 43.4. The number of hydrogen-bond donors (Lipinski definition) is 2. The first-order valence-electron chi connectivity index (χ1n) is 25.0. The lowest BCUT2D eigenvalue weighted by atomic mass is 9.76. The lowest BCUT2D eigenvalue weighted by molar-refractivity contribution is -0.00280. The molecule has 0 aromatic heterocycles. The molecule has 0 bridgehead atoms. The maximum Gasteiger partial charge on any atom is 0.131 e. The molecule has 10 rings (SSSR count). The van der Waals surface area contributed by atoms with Gasteiger partial charge in [-0.2, -0.15) is 0 Å². The molecule has 0 radical (unpaired) electrons. The molecule has 4 aliphatic carbocycles. The van der Waals surface area contributed by atoms with E-state index in [0.29, 0.717) is 11.5 Å². The molecule has 0 aliphatic heterocycles. The van der Waals surface area contributed by atoms with Crippen LogP contribution in [0.25, 0.3) is 44.5 Å². The van der Waals surface area contributed by atoms with E-state index in [4.69, 9.17) is 9.47 Å². The Morgan fingerprint density at radius 1 is 0.415 bits per heavy atom. The van der Waals surface area contributed by atoms with E-state index in [9.17, 15) is 10.2 Å². The van der Waals surface area contributed by atoms with Crippen LogP contribution in [-0.2, 0) is 51.4 Å². The lowest BCUT2D eigenvalue weighted by Gasteiger charge is -2.38. The van der Waals surface area contributed by atoms with Crippen LogP contribution in [0.2, 0.25) is 0 Å². The molecule has 4 nitrogen and oxygen atoms in total. The number of fused-ring (bicyclic) bond motifs is 4. The number of benzene rings is 6. The molecule has 2 N–H and O–H groups in total. The van der Waals surface area contributed by atoms with Gasteiger partial charge in [-0.05, 0) is 234 Å². The van der Waals surface area contributed by atoms with E-state index in [1.165, 1.54) is 107 Å². The second kappa shape index (κ2) is 17.7. The summed E-state index contributed by atoms with van der Waals surface area (Å²) >= 11 is 0. The van der Waals surface area contributed by atoms with Gasteiger partial charge in [-0.15, -0.1) is 0 Å². The third kappa shape index (κ3) is 8.04. The van der Waals surface area contributed by atoms with Gasteiger partial charge < -0.3 is 19.7 Å². The van der Waals surface area contributed by atoms with Gasteiger partial charge in [0.15, 0.2) is 0 Å². The molecular formula is C61H68O4. The average Bonchev–Trinajstić information content (AvgIpc) is 3.31. The minimum Gasteiger partial charge on any atom is -0.507 e. The highest BCUT2D eigenvalue weighted by Crippen LogP contribution is 2.50. The van der Waals surface area contributed by atoms with Crippen molar-refractivity contribution in [3.8, 4) is 67.5 Å². The molecule has 6 aromatic rings. The van der Waals surface area contributed by atoms with Crippen molar-refractivity contribution < 1.29 is 19.7 Å². The molecule has 0 heterocycles. The van der Waals surface area contributed by atoms with Crippen molar-refractivity contribution in [2.45, 2.75) is 156 Å². The molecule has 0 saturated heterocycles. The van der Waals surface area contributed by atoms with E-state index in [0.717, 1.165) is 107 Å². The van der Waals surface area contributed by atoms with Crippen LogP contribution in [-0.4, -0.2) is 22.4 Å². The van der Waals surface area contributed by atoms with Crippen LogP contribution in [0.5, 0.6) is 23.0 Å². The molecular weight excluding hydrogens is 797 g/mol. The summed E-state index contributed by atoms with van der Waals surface area (Å²) in [7, 11) is 0. The fourth-order valence-electron chi connectivity index (χ4n) is 11.9. The van der Waals surface area contributed by atoms with E-state index < -0.39 is 5.41 Å². The van der Waals surface area contributed by atoms with Crippen molar-refractivity contribution in [1.82, 2.24) is 0 Å². The van der Waals surface area contributed by atoms with Crippen LogP contribution in [0.15, 0.2) is 84.9 Å². The Labute approximate surface area is 388 Å². The fraction of sp³-hybridized carbons (Fsp3) is 0.410. The third-order valence-electron chi connectivity index (χ3n) is 16.1. The molecule has 4 aliphatic rings. The summed E-state index contributed by atoms with van der Waals surface area (Å²) in [6.45, 7) is 13.0. The Balaban J connectivity index is 0.955. The van der Waals surface area contributed by atoms with Crippen molar-refractivity contribution in [2.24, 2.45) is 5.41 Å². The summed E-state index contributed by atoms with van der Waals surface area (Å²) in [5.74, 6) is 2.17. The second-order valence-corrected chi connectivity index (χ2v) is 20.6. The van der Waals surface area contributed by atoms with E-state index in [1.54, 1.807) is 0 Å². The summed E-state index contributed by atoms with van der Waals surface area (Å²) in [5.41, 5.74) is 21.5. The van der Waals surface area contributed by atoms with Crippen molar-refractivity contribution in [3.63, 3.8) is 0 Å². The largest absolute Gasteiger partial charge is 0.507 e. The van der Waals surface area contributed by atoms with Crippen LogP contribution < -0.4 is 9.47 Å². The first-order chi connectivity index (χ1) is 31.5. The van der Waals surface area contributed by atoms with Gasteiger partial charge in [0.05, 0.1) is 0 Å². The monoisotopic (exact) mass is 865 g/mol. The smallest absolute Gasteiger partial charge is 0.131 e. The molecule has 0 spiro atoms. The number of phenolic OH excluding ortho intramolecular Hbond substituents is 2. The Morgan fingerprint density at radius 3 is 1.08 bits per heavy atom. The van der Waals surface area contributed by atoms with Gasteiger partial charge in [0.25, 0.3) is 0 Å². The van der Waals surface area contributed by atoms with Crippen LogP contribution in [0.1, 0.15) is 135 Å². The van der Waals surface area contributed by atoms with E-state index in [2.05, 4.69) is 90.1 Å². The molecule has 4 heteroatoms. The molecule has 2 unspecified atom stereocenters. The number of rotatable bonds is 10. The Morgan fingerprint density at radius 2 is 0.723 bits per heavy atom. The zero-order valence-corrected chi connectivity index (χ0v) is 39.8. The third-order valence-corrected chi connectivity index (χ3v) is 16.1. The highest BCUT2D eigenvalue weighted by atomic mass is 16.5. The number of hydrogen-bond acceptors (Lipinski definition) is 4. The van der Waals surface area contributed by atoms with Crippen molar-refractivity contribution in [3.05, 3.63) is 141 Å².